The summed E-state index contributed by atoms with van der Waals surface area (Å²) >= 11 is 0. The first kappa shape index (κ1) is 14.4. The van der Waals surface area contributed by atoms with Crippen LogP contribution >= 0.6 is 0 Å². The van der Waals surface area contributed by atoms with E-state index in [2.05, 4.69) is 13.8 Å². The van der Waals surface area contributed by atoms with Gasteiger partial charge in [-0.2, -0.15) is 0 Å². The van der Waals surface area contributed by atoms with Crippen molar-refractivity contribution in [2.75, 3.05) is 12.3 Å². The largest absolute Gasteiger partial charge is 0.488 e. The van der Waals surface area contributed by atoms with Crippen molar-refractivity contribution >= 4 is 11.7 Å². The molecule has 100 valence electrons. The predicted octanol–water partition coefficient (Wildman–Crippen LogP) is 2.87. The number of hydrogen-bond acceptors (Lipinski definition) is 4. The van der Waals surface area contributed by atoms with E-state index >= 15 is 0 Å². The molecule has 2 N–H and O–H groups in total. The summed E-state index contributed by atoms with van der Waals surface area (Å²) in [5.74, 6) is 0.539. The van der Waals surface area contributed by atoms with Gasteiger partial charge in [0, 0.05) is 0 Å². The average Bonchev–Trinajstić information content (AvgIpc) is 2.31. The quantitative estimate of drug-likeness (QED) is 0.645. The molecule has 1 unspecified atom stereocenters. The van der Waals surface area contributed by atoms with Crippen LogP contribution in [0.25, 0.3) is 0 Å². The number of carbonyl (C=O) groups excluding carboxylic acids is 1. The Labute approximate surface area is 108 Å². The molecular weight excluding hydrogens is 230 g/mol. The van der Waals surface area contributed by atoms with Gasteiger partial charge in [-0.05, 0) is 38.0 Å². The van der Waals surface area contributed by atoms with Gasteiger partial charge in [-0.25, -0.2) is 4.79 Å². The fourth-order valence-electron chi connectivity index (χ4n) is 1.31. The fraction of sp³-hybridized carbons (Fsp3) is 0.500. The van der Waals surface area contributed by atoms with Gasteiger partial charge >= 0.3 is 5.97 Å². The van der Waals surface area contributed by atoms with Crippen LogP contribution in [-0.2, 0) is 4.74 Å². The molecule has 0 bridgehead atoms. The lowest BCUT2D eigenvalue weighted by atomic mass is 10.1. The molecule has 0 aromatic heterocycles. The summed E-state index contributed by atoms with van der Waals surface area (Å²) in [6, 6.07) is 4.93. The van der Waals surface area contributed by atoms with Crippen LogP contribution in [0.5, 0.6) is 5.75 Å². The first-order valence-corrected chi connectivity index (χ1v) is 6.19. The molecule has 4 nitrogen and oxygen atoms in total. The van der Waals surface area contributed by atoms with Crippen LogP contribution in [0.3, 0.4) is 0 Å². The van der Waals surface area contributed by atoms with Gasteiger partial charge in [-0.1, -0.05) is 13.8 Å². The number of carbonyl (C=O) groups is 1. The normalized spacial score (nSPS) is 12.3. The summed E-state index contributed by atoms with van der Waals surface area (Å²) in [5, 5.41) is 0. The highest BCUT2D eigenvalue weighted by molar-refractivity contribution is 5.90. The van der Waals surface area contributed by atoms with E-state index in [1.165, 1.54) is 0 Å². The first-order valence-electron chi connectivity index (χ1n) is 6.19. The highest BCUT2D eigenvalue weighted by Crippen LogP contribution is 2.25. The second-order valence-corrected chi connectivity index (χ2v) is 4.54. The maximum Gasteiger partial charge on any atom is 0.338 e. The smallest absolute Gasteiger partial charge is 0.338 e. The van der Waals surface area contributed by atoms with Gasteiger partial charge in [0.1, 0.15) is 5.75 Å². The number of anilines is 1. The van der Waals surface area contributed by atoms with Gasteiger partial charge in [-0.3, -0.25) is 0 Å². The summed E-state index contributed by atoms with van der Waals surface area (Å²) in [6.07, 6.45) is 0.0322. The summed E-state index contributed by atoms with van der Waals surface area (Å²) < 4.78 is 10.7. The molecule has 0 saturated heterocycles. The van der Waals surface area contributed by atoms with Gasteiger partial charge in [0.2, 0.25) is 0 Å². The lowest BCUT2D eigenvalue weighted by Crippen LogP contribution is -2.19. The molecule has 0 fully saturated rings. The number of benzene rings is 1. The number of rotatable bonds is 5. The summed E-state index contributed by atoms with van der Waals surface area (Å²) in [5.41, 5.74) is 6.81. The highest BCUT2D eigenvalue weighted by Gasteiger charge is 2.14. The Morgan fingerprint density at radius 1 is 1.33 bits per heavy atom. The van der Waals surface area contributed by atoms with Crippen LogP contribution < -0.4 is 10.5 Å². The Morgan fingerprint density at radius 2 is 2.00 bits per heavy atom. The van der Waals surface area contributed by atoms with Crippen LogP contribution in [0.2, 0.25) is 0 Å². The maximum absolute atomic E-state index is 11.6. The molecule has 1 aromatic carbocycles. The van der Waals surface area contributed by atoms with E-state index in [9.17, 15) is 4.79 Å². The molecule has 18 heavy (non-hydrogen) atoms. The van der Waals surface area contributed by atoms with Crippen LogP contribution in [-0.4, -0.2) is 18.7 Å². The third-order valence-corrected chi connectivity index (χ3v) is 2.78. The van der Waals surface area contributed by atoms with Crippen LogP contribution in [0.4, 0.5) is 5.69 Å². The molecule has 1 rings (SSSR count). The minimum absolute atomic E-state index is 0.0322. The van der Waals surface area contributed by atoms with Gasteiger partial charge in [0.15, 0.2) is 0 Å². The Balaban J connectivity index is 2.91. The Bertz CT molecular complexity index is 416. The van der Waals surface area contributed by atoms with Gasteiger partial charge in [-0.15, -0.1) is 0 Å². The summed E-state index contributed by atoms with van der Waals surface area (Å²) in [6.45, 7) is 8.22. The van der Waals surface area contributed by atoms with E-state index in [0.29, 0.717) is 29.5 Å². The fourth-order valence-corrected chi connectivity index (χ4v) is 1.31. The molecule has 0 saturated carbocycles. The van der Waals surface area contributed by atoms with E-state index in [-0.39, 0.29) is 12.1 Å². The van der Waals surface area contributed by atoms with Gasteiger partial charge in [0.05, 0.1) is 24.0 Å². The molecule has 1 aromatic rings. The minimum Gasteiger partial charge on any atom is -0.488 e. The molecule has 4 heteroatoms. The molecule has 0 aliphatic rings. The van der Waals surface area contributed by atoms with Crippen LogP contribution in [0, 0.1) is 5.92 Å². The average molecular weight is 251 g/mol. The monoisotopic (exact) mass is 251 g/mol. The molecule has 0 amide bonds. The predicted molar refractivity (Wildman–Crippen MR) is 71.7 cm³/mol. The lowest BCUT2D eigenvalue weighted by molar-refractivity contribution is 0.0525. The lowest BCUT2D eigenvalue weighted by Gasteiger charge is -2.19. The zero-order valence-corrected chi connectivity index (χ0v) is 11.4. The van der Waals surface area contributed by atoms with Crippen molar-refractivity contribution in [3.05, 3.63) is 23.8 Å². The van der Waals surface area contributed by atoms with Crippen LogP contribution in [0.1, 0.15) is 38.1 Å². The van der Waals surface area contributed by atoms with Crippen molar-refractivity contribution < 1.29 is 14.3 Å². The third-order valence-electron chi connectivity index (χ3n) is 2.78. The molecular formula is C14H21NO3. The number of esters is 1. The van der Waals surface area contributed by atoms with E-state index < -0.39 is 0 Å². The second-order valence-electron chi connectivity index (χ2n) is 4.54. The van der Waals surface area contributed by atoms with Crippen molar-refractivity contribution in [3.8, 4) is 5.75 Å². The first-order chi connectivity index (χ1) is 8.45. The summed E-state index contributed by atoms with van der Waals surface area (Å²) in [7, 11) is 0. The van der Waals surface area contributed by atoms with Crippen molar-refractivity contribution in [3.63, 3.8) is 0 Å². The number of nitrogens with two attached hydrogens (primary N) is 1. The number of hydrogen-bond donors (Lipinski definition) is 1. The number of nitrogen functional groups attached to an aromatic ring is 1. The molecule has 0 aliphatic heterocycles. The Hall–Kier alpha value is -1.71. The van der Waals surface area contributed by atoms with E-state index in [1.54, 1.807) is 25.1 Å². The van der Waals surface area contributed by atoms with Crippen molar-refractivity contribution in [1.29, 1.82) is 0 Å². The Kier molecular flexibility index (Phi) is 5.01. The zero-order valence-electron chi connectivity index (χ0n) is 11.4. The van der Waals surface area contributed by atoms with Crippen molar-refractivity contribution in [2.24, 2.45) is 5.92 Å². The van der Waals surface area contributed by atoms with Crippen molar-refractivity contribution in [2.45, 2.75) is 33.8 Å². The maximum atomic E-state index is 11.6. The SMILES string of the molecule is CCOC(=O)c1ccc(N)c(OC(C)C(C)C)c1. The Morgan fingerprint density at radius 3 is 2.56 bits per heavy atom. The number of ether oxygens (including phenoxy) is 2. The highest BCUT2D eigenvalue weighted by atomic mass is 16.5. The van der Waals surface area contributed by atoms with E-state index in [4.69, 9.17) is 15.2 Å². The van der Waals surface area contributed by atoms with Crippen molar-refractivity contribution in [1.82, 2.24) is 0 Å². The van der Waals surface area contributed by atoms with E-state index in [1.807, 2.05) is 6.92 Å². The van der Waals surface area contributed by atoms with Gasteiger partial charge in [0.25, 0.3) is 0 Å². The van der Waals surface area contributed by atoms with E-state index in [0.717, 1.165) is 0 Å². The molecule has 0 heterocycles. The molecule has 0 radical (unpaired) electrons. The molecule has 1 atom stereocenters. The standard InChI is InChI=1S/C14H21NO3/c1-5-17-14(16)11-6-7-12(15)13(8-11)18-10(4)9(2)3/h6-10H,5,15H2,1-4H3. The molecule has 0 aliphatic carbocycles. The van der Waals surface area contributed by atoms with Gasteiger partial charge < -0.3 is 15.2 Å². The minimum atomic E-state index is -0.362. The molecule has 0 spiro atoms. The summed E-state index contributed by atoms with van der Waals surface area (Å²) in [4.78, 5) is 11.6. The third kappa shape index (κ3) is 3.65. The van der Waals surface area contributed by atoms with Crippen LogP contribution in [0.15, 0.2) is 18.2 Å². The zero-order chi connectivity index (χ0) is 13.7. The second kappa shape index (κ2) is 6.28. The topological polar surface area (TPSA) is 61.5 Å².